The van der Waals surface area contributed by atoms with Crippen LogP contribution < -0.4 is 4.74 Å². The molecule has 1 fully saturated rings. The molecule has 1 saturated carbocycles. The van der Waals surface area contributed by atoms with Gasteiger partial charge >= 0.3 is 0 Å². The van der Waals surface area contributed by atoms with Gasteiger partial charge in [0, 0.05) is 12.4 Å². The molecule has 11 heavy (non-hydrogen) atoms. The van der Waals surface area contributed by atoms with E-state index in [0.29, 0.717) is 6.10 Å². The van der Waals surface area contributed by atoms with Gasteiger partial charge in [-0.1, -0.05) is 0 Å². The monoisotopic (exact) mass is 261 g/mol. The van der Waals surface area contributed by atoms with Crippen molar-refractivity contribution < 1.29 is 4.74 Å². The fraction of sp³-hybridized carbons (Fsp3) is 0.375. The summed E-state index contributed by atoms with van der Waals surface area (Å²) in [5, 5.41) is 0. The molecule has 0 amide bonds. The second-order valence-electron chi connectivity index (χ2n) is 2.62. The summed E-state index contributed by atoms with van der Waals surface area (Å²) in [7, 11) is 0. The number of hydrogen-bond acceptors (Lipinski definition) is 2. The number of aromatic nitrogens is 1. The number of halogens is 1. The Bertz CT molecular complexity index is 260. The zero-order valence-corrected chi connectivity index (χ0v) is 8.11. The normalized spacial score (nSPS) is 16.5. The molecule has 0 aliphatic heterocycles. The van der Waals surface area contributed by atoms with E-state index in [1.807, 2.05) is 12.3 Å². The molecule has 1 aromatic rings. The third kappa shape index (κ3) is 1.83. The summed E-state index contributed by atoms with van der Waals surface area (Å²) in [4.78, 5) is 3.99. The van der Waals surface area contributed by atoms with E-state index in [-0.39, 0.29) is 0 Å². The van der Waals surface area contributed by atoms with E-state index in [9.17, 15) is 0 Å². The topological polar surface area (TPSA) is 22.1 Å². The maximum Gasteiger partial charge on any atom is 0.136 e. The van der Waals surface area contributed by atoms with Gasteiger partial charge in [-0.2, -0.15) is 0 Å². The van der Waals surface area contributed by atoms with Crippen LogP contribution in [0.2, 0.25) is 0 Å². The Labute approximate surface area is 79.1 Å². The molecule has 0 bridgehead atoms. The molecule has 1 aliphatic carbocycles. The molecular weight excluding hydrogens is 253 g/mol. The highest BCUT2D eigenvalue weighted by Crippen LogP contribution is 2.28. The Morgan fingerprint density at radius 2 is 2.36 bits per heavy atom. The Hall–Kier alpha value is -0.320. The van der Waals surface area contributed by atoms with Crippen molar-refractivity contribution in [2.24, 2.45) is 0 Å². The molecule has 2 rings (SSSR count). The highest BCUT2D eigenvalue weighted by Gasteiger charge is 2.24. The van der Waals surface area contributed by atoms with Crippen LogP contribution in [0.4, 0.5) is 0 Å². The second kappa shape index (κ2) is 2.97. The van der Waals surface area contributed by atoms with Gasteiger partial charge in [0.2, 0.25) is 0 Å². The van der Waals surface area contributed by atoms with Crippen molar-refractivity contribution >= 4 is 22.6 Å². The van der Waals surface area contributed by atoms with Gasteiger partial charge in [0.25, 0.3) is 0 Å². The van der Waals surface area contributed by atoms with Gasteiger partial charge in [-0.3, -0.25) is 4.98 Å². The minimum Gasteiger partial charge on any atom is -0.489 e. The molecule has 58 valence electrons. The van der Waals surface area contributed by atoms with Crippen LogP contribution in [0.3, 0.4) is 0 Å². The van der Waals surface area contributed by atoms with Gasteiger partial charge < -0.3 is 4.74 Å². The Morgan fingerprint density at radius 1 is 1.55 bits per heavy atom. The van der Waals surface area contributed by atoms with Gasteiger partial charge in [0.15, 0.2) is 0 Å². The van der Waals surface area contributed by atoms with Gasteiger partial charge in [-0.15, -0.1) is 0 Å². The van der Waals surface area contributed by atoms with Crippen molar-refractivity contribution in [2.75, 3.05) is 0 Å². The van der Waals surface area contributed by atoms with Crippen LogP contribution in [0.25, 0.3) is 0 Å². The van der Waals surface area contributed by atoms with E-state index in [2.05, 4.69) is 27.6 Å². The Kier molecular flexibility index (Phi) is 1.98. The van der Waals surface area contributed by atoms with Gasteiger partial charge in [-0.25, -0.2) is 0 Å². The van der Waals surface area contributed by atoms with Crippen molar-refractivity contribution in [3.8, 4) is 5.75 Å². The fourth-order valence-electron chi connectivity index (χ4n) is 0.823. The Morgan fingerprint density at radius 3 is 3.00 bits per heavy atom. The molecule has 0 atom stereocenters. The Balaban J connectivity index is 2.15. The number of rotatable bonds is 2. The van der Waals surface area contributed by atoms with E-state index in [1.165, 1.54) is 12.8 Å². The third-order valence-electron chi connectivity index (χ3n) is 1.55. The van der Waals surface area contributed by atoms with Gasteiger partial charge in [0.05, 0.1) is 9.67 Å². The quantitative estimate of drug-likeness (QED) is 0.761. The highest BCUT2D eigenvalue weighted by atomic mass is 127. The predicted molar refractivity (Wildman–Crippen MR) is 50.6 cm³/mol. The van der Waals surface area contributed by atoms with Crippen molar-refractivity contribution in [2.45, 2.75) is 18.9 Å². The molecule has 0 saturated heterocycles. The van der Waals surface area contributed by atoms with Crippen molar-refractivity contribution in [1.82, 2.24) is 4.98 Å². The molecule has 2 nitrogen and oxygen atoms in total. The van der Waals surface area contributed by atoms with Gasteiger partial charge in [-0.05, 0) is 41.5 Å². The number of nitrogens with zero attached hydrogens (tertiary/aromatic N) is 1. The molecular formula is C8H8INO. The molecule has 0 spiro atoms. The molecule has 0 unspecified atom stereocenters. The average molecular weight is 261 g/mol. The molecule has 0 N–H and O–H groups in total. The van der Waals surface area contributed by atoms with Crippen LogP contribution in [-0.4, -0.2) is 11.1 Å². The summed E-state index contributed by atoms with van der Waals surface area (Å²) in [6.45, 7) is 0. The van der Waals surface area contributed by atoms with E-state index in [0.717, 1.165) is 9.32 Å². The molecule has 3 heteroatoms. The lowest BCUT2D eigenvalue weighted by molar-refractivity contribution is 0.300. The van der Waals surface area contributed by atoms with E-state index in [4.69, 9.17) is 4.74 Å². The van der Waals surface area contributed by atoms with E-state index in [1.54, 1.807) is 6.20 Å². The van der Waals surface area contributed by atoms with Gasteiger partial charge in [0.1, 0.15) is 5.75 Å². The average Bonchev–Trinajstić information content (AvgIpc) is 2.78. The van der Waals surface area contributed by atoms with Crippen LogP contribution in [0.1, 0.15) is 12.8 Å². The molecule has 1 heterocycles. The first kappa shape index (κ1) is 7.34. The van der Waals surface area contributed by atoms with Crippen molar-refractivity contribution in [1.29, 1.82) is 0 Å². The SMILES string of the molecule is Ic1cnccc1OC1CC1. The van der Waals surface area contributed by atoms with Crippen LogP contribution in [0.15, 0.2) is 18.5 Å². The largest absolute Gasteiger partial charge is 0.489 e. The predicted octanol–water partition coefficient (Wildman–Crippen LogP) is 2.23. The third-order valence-corrected chi connectivity index (χ3v) is 2.36. The van der Waals surface area contributed by atoms with Crippen LogP contribution in [0.5, 0.6) is 5.75 Å². The van der Waals surface area contributed by atoms with Crippen LogP contribution >= 0.6 is 22.6 Å². The maximum absolute atomic E-state index is 5.61. The molecule has 0 radical (unpaired) electrons. The lowest BCUT2D eigenvalue weighted by Crippen LogP contribution is -1.97. The number of pyridine rings is 1. The summed E-state index contributed by atoms with van der Waals surface area (Å²) in [5.74, 6) is 0.975. The van der Waals surface area contributed by atoms with E-state index < -0.39 is 0 Å². The van der Waals surface area contributed by atoms with Crippen molar-refractivity contribution in [3.05, 3.63) is 22.0 Å². The smallest absolute Gasteiger partial charge is 0.136 e. The summed E-state index contributed by atoms with van der Waals surface area (Å²) >= 11 is 2.23. The van der Waals surface area contributed by atoms with E-state index >= 15 is 0 Å². The fourth-order valence-corrected chi connectivity index (χ4v) is 1.29. The lowest BCUT2D eigenvalue weighted by Gasteiger charge is -2.04. The van der Waals surface area contributed by atoms with Crippen LogP contribution in [0, 0.1) is 3.57 Å². The summed E-state index contributed by atoms with van der Waals surface area (Å²) in [5.41, 5.74) is 0. The first-order chi connectivity index (χ1) is 5.36. The second-order valence-corrected chi connectivity index (χ2v) is 3.79. The summed E-state index contributed by atoms with van der Waals surface area (Å²) in [6, 6.07) is 1.92. The van der Waals surface area contributed by atoms with Crippen LogP contribution in [-0.2, 0) is 0 Å². The molecule has 0 aromatic carbocycles. The summed E-state index contributed by atoms with van der Waals surface area (Å²) in [6.07, 6.45) is 6.47. The first-order valence-corrected chi connectivity index (χ1v) is 4.70. The first-order valence-electron chi connectivity index (χ1n) is 3.62. The molecule has 1 aromatic heterocycles. The number of ether oxygens (including phenoxy) is 1. The highest BCUT2D eigenvalue weighted by molar-refractivity contribution is 14.1. The molecule has 1 aliphatic rings. The summed E-state index contributed by atoms with van der Waals surface area (Å²) < 4.78 is 6.70. The zero-order valence-electron chi connectivity index (χ0n) is 5.96. The minimum absolute atomic E-state index is 0.478. The number of hydrogen-bond donors (Lipinski definition) is 0. The zero-order chi connectivity index (χ0) is 7.68. The maximum atomic E-state index is 5.61. The van der Waals surface area contributed by atoms with Crippen molar-refractivity contribution in [3.63, 3.8) is 0 Å². The minimum atomic E-state index is 0.478. The lowest BCUT2D eigenvalue weighted by atomic mass is 10.4. The standard InChI is InChI=1S/C8H8INO/c9-7-5-10-4-3-8(7)11-6-1-2-6/h3-6H,1-2H2.